The second-order valence-corrected chi connectivity index (χ2v) is 6.26. The number of nitrogens with zero attached hydrogens (tertiary/aromatic N) is 2. The first kappa shape index (κ1) is 15.8. The van der Waals surface area contributed by atoms with Crippen molar-refractivity contribution in [3.8, 4) is 0 Å². The first-order valence-corrected chi connectivity index (χ1v) is 8.12. The smallest absolute Gasteiger partial charge is 0.257 e. The van der Waals surface area contributed by atoms with Crippen molar-refractivity contribution in [1.82, 2.24) is 9.78 Å². The minimum atomic E-state index is -0.240. The van der Waals surface area contributed by atoms with Crippen LogP contribution in [0.15, 0.2) is 65.4 Å². The summed E-state index contributed by atoms with van der Waals surface area (Å²) in [7, 11) is 0. The van der Waals surface area contributed by atoms with Gasteiger partial charge in [0.25, 0.3) is 5.91 Å². The highest BCUT2D eigenvalue weighted by Crippen LogP contribution is 2.23. The number of rotatable bonds is 4. The van der Waals surface area contributed by atoms with Crippen molar-refractivity contribution in [2.24, 2.45) is 0 Å². The Morgan fingerprint density at radius 3 is 2.78 bits per heavy atom. The fraction of sp³-hybridized carbons (Fsp3) is 0.0588. The number of benzene rings is 2. The van der Waals surface area contributed by atoms with Gasteiger partial charge in [-0.25, -0.2) is 0 Å². The zero-order valence-electron chi connectivity index (χ0n) is 12.0. The third-order valence-corrected chi connectivity index (χ3v) is 4.14. The number of hydrogen-bond acceptors (Lipinski definition) is 2. The van der Waals surface area contributed by atoms with Gasteiger partial charge in [0.2, 0.25) is 0 Å². The van der Waals surface area contributed by atoms with Crippen molar-refractivity contribution in [2.75, 3.05) is 5.32 Å². The van der Waals surface area contributed by atoms with Crippen molar-refractivity contribution in [1.29, 1.82) is 0 Å². The lowest BCUT2D eigenvalue weighted by Gasteiger charge is -2.12. The normalized spacial score (nSPS) is 10.5. The summed E-state index contributed by atoms with van der Waals surface area (Å²) in [6.45, 7) is 0.581. The summed E-state index contributed by atoms with van der Waals surface area (Å²) in [6.07, 6.45) is 3.60. The molecule has 4 nitrogen and oxygen atoms in total. The van der Waals surface area contributed by atoms with Crippen LogP contribution in [0.1, 0.15) is 15.9 Å². The third kappa shape index (κ3) is 3.81. The molecule has 116 valence electrons. The second-order valence-electron chi connectivity index (χ2n) is 4.94. The molecule has 0 aliphatic rings. The zero-order valence-corrected chi connectivity index (χ0v) is 14.4. The molecule has 0 saturated carbocycles. The molecule has 3 rings (SSSR count). The Labute approximate surface area is 147 Å². The summed E-state index contributed by atoms with van der Waals surface area (Å²) in [5.74, 6) is -0.240. The van der Waals surface area contributed by atoms with Crippen molar-refractivity contribution in [3.63, 3.8) is 0 Å². The lowest BCUT2D eigenvalue weighted by Crippen LogP contribution is -2.14. The van der Waals surface area contributed by atoms with Gasteiger partial charge >= 0.3 is 0 Å². The van der Waals surface area contributed by atoms with Crippen LogP contribution in [0.25, 0.3) is 0 Å². The quantitative estimate of drug-likeness (QED) is 0.708. The van der Waals surface area contributed by atoms with Gasteiger partial charge in [-0.1, -0.05) is 45.7 Å². The molecule has 0 radical (unpaired) electrons. The number of amides is 1. The number of hydrogen-bond donors (Lipinski definition) is 1. The molecule has 0 saturated heterocycles. The van der Waals surface area contributed by atoms with Gasteiger partial charge in [0.1, 0.15) is 0 Å². The van der Waals surface area contributed by atoms with E-state index in [2.05, 4.69) is 26.3 Å². The topological polar surface area (TPSA) is 46.9 Å². The summed E-state index contributed by atoms with van der Waals surface area (Å²) in [5, 5.41) is 7.52. The van der Waals surface area contributed by atoms with E-state index in [4.69, 9.17) is 11.6 Å². The number of aromatic nitrogens is 2. The first-order chi connectivity index (χ1) is 11.1. The van der Waals surface area contributed by atoms with E-state index >= 15 is 0 Å². The van der Waals surface area contributed by atoms with E-state index in [1.807, 2.05) is 36.5 Å². The molecule has 2 aromatic carbocycles. The monoisotopic (exact) mass is 389 g/mol. The molecule has 0 aliphatic carbocycles. The number of anilines is 1. The van der Waals surface area contributed by atoms with Crippen molar-refractivity contribution in [3.05, 3.63) is 81.5 Å². The van der Waals surface area contributed by atoms with Crippen LogP contribution in [0.3, 0.4) is 0 Å². The SMILES string of the molecule is O=C(Nc1ccccc1Cn1cccn1)c1ccc(Br)cc1Cl. The van der Waals surface area contributed by atoms with E-state index in [9.17, 15) is 4.79 Å². The highest BCUT2D eigenvalue weighted by atomic mass is 79.9. The van der Waals surface area contributed by atoms with Crippen LogP contribution in [-0.4, -0.2) is 15.7 Å². The number of carbonyl (C=O) groups excluding carboxylic acids is 1. The van der Waals surface area contributed by atoms with Crippen LogP contribution in [0.5, 0.6) is 0 Å². The largest absolute Gasteiger partial charge is 0.322 e. The molecule has 23 heavy (non-hydrogen) atoms. The molecule has 0 aliphatic heterocycles. The van der Waals surface area contributed by atoms with Crippen molar-refractivity contribution in [2.45, 2.75) is 6.54 Å². The van der Waals surface area contributed by atoms with E-state index in [1.54, 1.807) is 29.1 Å². The summed E-state index contributed by atoms with van der Waals surface area (Å²) in [4.78, 5) is 12.5. The highest BCUT2D eigenvalue weighted by molar-refractivity contribution is 9.10. The number of halogens is 2. The Hall–Kier alpha value is -2.11. The van der Waals surface area contributed by atoms with Gasteiger partial charge in [-0.05, 0) is 35.9 Å². The molecule has 1 aromatic heterocycles. The Kier molecular flexibility index (Phi) is 4.79. The van der Waals surface area contributed by atoms with Gasteiger partial charge in [0, 0.05) is 22.6 Å². The van der Waals surface area contributed by atoms with Crippen LogP contribution >= 0.6 is 27.5 Å². The molecule has 0 atom stereocenters. The predicted molar refractivity (Wildman–Crippen MR) is 94.9 cm³/mol. The zero-order chi connectivity index (χ0) is 16.2. The van der Waals surface area contributed by atoms with E-state index in [-0.39, 0.29) is 5.91 Å². The van der Waals surface area contributed by atoms with Gasteiger partial charge < -0.3 is 5.32 Å². The number of nitrogens with one attached hydrogen (secondary N) is 1. The summed E-state index contributed by atoms with van der Waals surface area (Å²) >= 11 is 9.47. The molecule has 0 bridgehead atoms. The minimum Gasteiger partial charge on any atom is -0.322 e. The standard InChI is InChI=1S/C17H13BrClN3O/c18-13-6-7-14(15(19)10-13)17(23)21-16-5-2-1-4-12(16)11-22-9-3-8-20-22/h1-10H,11H2,(H,21,23). The maximum Gasteiger partial charge on any atom is 0.257 e. The Morgan fingerprint density at radius 2 is 2.04 bits per heavy atom. The number of carbonyl (C=O) groups is 1. The van der Waals surface area contributed by atoms with E-state index in [1.165, 1.54) is 0 Å². The summed E-state index contributed by atoms with van der Waals surface area (Å²) in [5.41, 5.74) is 2.15. The molecule has 3 aromatic rings. The molecule has 6 heteroatoms. The maximum absolute atomic E-state index is 12.5. The van der Waals surface area contributed by atoms with Crippen molar-refractivity contribution < 1.29 is 4.79 Å². The van der Waals surface area contributed by atoms with Gasteiger partial charge in [0.05, 0.1) is 17.1 Å². The van der Waals surface area contributed by atoms with Crippen LogP contribution in [0, 0.1) is 0 Å². The fourth-order valence-corrected chi connectivity index (χ4v) is 2.97. The first-order valence-electron chi connectivity index (χ1n) is 6.95. The van der Waals surface area contributed by atoms with E-state index < -0.39 is 0 Å². The molecule has 1 N–H and O–H groups in total. The van der Waals surface area contributed by atoms with E-state index in [0.29, 0.717) is 17.1 Å². The van der Waals surface area contributed by atoms with Crippen molar-refractivity contribution >= 4 is 39.1 Å². The average Bonchev–Trinajstić information content (AvgIpc) is 3.02. The highest BCUT2D eigenvalue weighted by Gasteiger charge is 2.13. The van der Waals surface area contributed by atoms with Gasteiger partial charge in [-0.3, -0.25) is 9.48 Å². The van der Waals surface area contributed by atoms with Crippen LogP contribution in [-0.2, 0) is 6.54 Å². The fourth-order valence-electron chi connectivity index (χ4n) is 2.21. The molecule has 0 unspecified atom stereocenters. The Morgan fingerprint density at radius 1 is 1.22 bits per heavy atom. The third-order valence-electron chi connectivity index (χ3n) is 3.33. The molecule has 1 amide bonds. The van der Waals surface area contributed by atoms with Gasteiger partial charge in [-0.15, -0.1) is 0 Å². The molecular weight excluding hydrogens is 378 g/mol. The summed E-state index contributed by atoms with van der Waals surface area (Å²) < 4.78 is 2.63. The van der Waals surface area contributed by atoms with Gasteiger partial charge in [0.15, 0.2) is 0 Å². The lowest BCUT2D eigenvalue weighted by atomic mass is 10.1. The maximum atomic E-state index is 12.5. The molecule has 1 heterocycles. The minimum absolute atomic E-state index is 0.240. The van der Waals surface area contributed by atoms with Crippen LogP contribution in [0.2, 0.25) is 5.02 Å². The predicted octanol–water partition coefficient (Wildman–Crippen LogP) is 4.60. The average molecular weight is 391 g/mol. The van der Waals surface area contributed by atoms with E-state index in [0.717, 1.165) is 15.7 Å². The van der Waals surface area contributed by atoms with Crippen LogP contribution in [0.4, 0.5) is 5.69 Å². The summed E-state index contributed by atoms with van der Waals surface area (Å²) in [6, 6.07) is 14.7. The number of para-hydroxylation sites is 1. The molecular formula is C17H13BrClN3O. The van der Waals surface area contributed by atoms with Crippen LogP contribution < -0.4 is 5.32 Å². The van der Waals surface area contributed by atoms with Gasteiger partial charge in [-0.2, -0.15) is 5.10 Å². The molecule has 0 fully saturated rings. The second kappa shape index (κ2) is 6.98. The molecule has 0 spiro atoms. The Bertz CT molecular complexity index is 834. The lowest BCUT2D eigenvalue weighted by molar-refractivity contribution is 0.102. The Balaban J connectivity index is 1.83.